The van der Waals surface area contributed by atoms with Gasteiger partial charge in [0, 0.05) is 6.20 Å². The molecule has 2 aromatic heterocycles. The first-order chi connectivity index (χ1) is 9.59. The van der Waals surface area contributed by atoms with E-state index in [0.29, 0.717) is 11.9 Å². The molecule has 0 atom stereocenters. The van der Waals surface area contributed by atoms with Crippen molar-refractivity contribution < 1.29 is 0 Å². The maximum absolute atomic E-state index is 6.14. The van der Waals surface area contributed by atoms with E-state index in [1.165, 1.54) is 5.56 Å². The van der Waals surface area contributed by atoms with Crippen molar-refractivity contribution in [3.63, 3.8) is 0 Å². The van der Waals surface area contributed by atoms with Crippen molar-refractivity contribution in [3.8, 4) is 5.69 Å². The molecule has 3 aromatic rings. The van der Waals surface area contributed by atoms with Crippen molar-refractivity contribution in [1.29, 1.82) is 0 Å². The Labute approximate surface area is 118 Å². The summed E-state index contributed by atoms with van der Waals surface area (Å²) >= 11 is 0. The number of nitrogen functional groups attached to an aromatic ring is 1. The second-order valence-corrected chi connectivity index (χ2v) is 5.32. The number of aryl methyl sites for hydroxylation is 1. The molecule has 0 fully saturated rings. The Morgan fingerprint density at radius 1 is 1.15 bits per heavy atom. The van der Waals surface area contributed by atoms with Crippen molar-refractivity contribution in [2.75, 3.05) is 5.73 Å². The molecule has 0 aliphatic heterocycles. The molecular formula is C16H18N4. The maximum Gasteiger partial charge on any atom is 0.207 e. The van der Waals surface area contributed by atoms with Gasteiger partial charge in [0.1, 0.15) is 5.52 Å². The van der Waals surface area contributed by atoms with Crippen LogP contribution in [-0.2, 0) is 0 Å². The van der Waals surface area contributed by atoms with Gasteiger partial charge >= 0.3 is 0 Å². The number of pyridine rings is 1. The minimum Gasteiger partial charge on any atom is -0.369 e. The van der Waals surface area contributed by atoms with Crippen LogP contribution in [0.2, 0.25) is 0 Å². The number of aromatic nitrogens is 3. The first-order valence-electron chi connectivity index (χ1n) is 6.78. The fraction of sp³-hybridized carbons (Fsp3) is 0.250. The monoisotopic (exact) mass is 266 g/mol. The van der Waals surface area contributed by atoms with Crippen molar-refractivity contribution in [2.45, 2.75) is 26.7 Å². The normalized spacial score (nSPS) is 11.4. The molecule has 2 heterocycles. The highest BCUT2D eigenvalue weighted by atomic mass is 15.2. The molecule has 0 saturated carbocycles. The predicted octanol–water partition coefficient (Wildman–Crippen LogP) is 3.43. The Balaban J connectivity index is 2.36. The van der Waals surface area contributed by atoms with E-state index in [9.17, 15) is 0 Å². The zero-order valence-corrected chi connectivity index (χ0v) is 12.0. The van der Waals surface area contributed by atoms with E-state index in [2.05, 4.69) is 35.9 Å². The molecule has 0 aliphatic carbocycles. The highest BCUT2D eigenvalue weighted by molar-refractivity contribution is 5.80. The lowest BCUT2D eigenvalue weighted by atomic mass is 10.0. The standard InChI is InChI=1S/C16H18N4/c1-10(2)12-6-4-5-7-13(12)20-15-14(19-16(20)17)11(3)8-9-18-15/h4-10H,1-3H3,(H2,17,19). The van der Waals surface area contributed by atoms with Crippen LogP contribution >= 0.6 is 0 Å². The Kier molecular flexibility index (Phi) is 2.93. The van der Waals surface area contributed by atoms with Crippen LogP contribution in [0.4, 0.5) is 5.95 Å². The first kappa shape index (κ1) is 12.7. The number of hydrogen-bond donors (Lipinski definition) is 1. The van der Waals surface area contributed by atoms with Crippen LogP contribution in [0, 0.1) is 6.92 Å². The number of anilines is 1. The fourth-order valence-corrected chi connectivity index (χ4v) is 2.53. The van der Waals surface area contributed by atoms with E-state index in [1.807, 2.05) is 29.7 Å². The lowest BCUT2D eigenvalue weighted by Gasteiger charge is -2.14. The van der Waals surface area contributed by atoms with Crippen molar-refractivity contribution in [3.05, 3.63) is 47.7 Å². The molecule has 0 amide bonds. The summed E-state index contributed by atoms with van der Waals surface area (Å²) in [5, 5.41) is 0. The van der Waals surface area contributed by atoms with Gasteiger partial charge in [-0.1, -0.05) is 32.0 Å². The molecule has 0 saturated heterocycles. The average molecular weight is 266 g/mol. The van der Waals surface area contributed by atoms with E-state index >= 15 is 0 Å². The lowest BCUT2D eigenvalue weighted by molar-refractivity contribution is 0.850. The Morgan fingerprint density at radius 3 is 2.65 bits per heavy atom. The number of imidazole rings is 1. The summed E-state index contributed by atoms with van der Waals surface area (Å²) in [5.41, 5.74) is 11.2. The van der Waals surface area contributed by atoms with Gasteiger partial charge in [0.2, 0.25) is 5.95 Å². The van der Waals surface area contributed by atoms with Gasteiger partial charge in [0.25, 0.3) is 0 Å². The second-order valence-electron chi connectivity index (χ2n) is 5.32. The molecule has 1 aromatic carbocycles. The minimum absolute atomic E-state index is 0.410. The number of nitrogens with two attached hydrogens (primary N) is 1. The molecule has 3 rings (SSSR count). The third-order valence-electron chi connectivity index (χ3n) is 3.57. The molecule has 0 unspecified atom stereocenters. The van der Waals surface area contributed by atoms with Crippen LogP contribution in [0.25, 0.3) is 16.9 Å². The van der Waals surface area contributed by atoms with Crippen LogP contribution < -0.4 is 5.73 Å². The lowest BCUT2D eigenvalue weighted by Crippen LogP contribution is -2.05. The summed E-state index contributed by atoms with van der Waals surface area (Å²) in [6.45, 7) is 6.37. The molecule has 2 N–H and O–H groups in total. The quantitative estimate of drug-likeness (QED) is 0.773. The molecule has 0 bridgehead atoms. The molecule has 0 radical (unpaired) electrons. The van der Waals surface area contributed by atoms with E-state index in [1.54, 1.807) is 6.20 Å². The van der Waals surface area contributed by atoms with Crippen LogP contribution in [0.15, 0.2) is 36.5 Å². The summed E-state index contributed by atoms with van der Waals surface area (Å²) in [4.78, 5) is 8.93. The van der Waals surface area contributed by atoms with Crippen molar-refractivity contribution in [2.24, 2.45) is 0 Å². The maximum atomic E-state index is 6.14. The van der Waals surface area contributed by atoms with E-state index in [-0.39, 0.29) is 0 Å². The highest BCUT2D eigenvalue weighted by Gasteiger charge is 2.16. The zero-order valence-electron chi connectivity index (χ0n) is 12.0. The number of para-hydroxylation sites is 1. The largest absolute Gasteiger partial charge is 0.369 e. The molecular weight excluding hydrogens is 248 g/mol. The van der Waals surface area contributed by atoms with Gasteiger partial charge in [-0.25, -0.2) is 9.97 Å². The minimum atomic E-state index is 0.410. The summed E-state index contributed by atoms with van der Waals surface area (Å²) in [7, 11) is 0. The molecule has 20 heavy (non-hydrogen) atoms. The van der Waals surface area contributed by atoms with E-state index in [0.717, 1.165) is 22.4 Å². The highest BCUT2D eigenvalue weighted by Crippen LogP contribution is 2.28. The number of hydrogen-bond acceptors (Lipinski definition) is 3. The average Bonchev–Trinajstić information content (AvgIpc) is 2.76. The zero-order chi connectivity index (χ0) is 14.3. The van der Waals surface area contributed by atoms with Gasteiger partial charge in [-0.05, 0) is 36.1 Å². The third kappa shape index (κ3) is 1.84. The smallest absolute Gasteiger partial charge is 0.207 e. The summed E-state index contributed by atoms with van der Waals surface area (Å²) < 4.78 is 1.94. The Hall–Kier alpha value is -2.36. The molecule has 4 nitrogen and oxygen atoms in total. The Bertz CT molecular complexity index is 771. The summed E-state index contributed by atoms with van der Waals surface area (Å²) in [5.74, 6) is 0.891. The SMILES string of the molecule is Cc1ccnc2c1nc(N)n2-c1ccccc1C(C)C. The van der Waals surface area contributed by atoms with Gasteiger partial charge in [0.05, 0.1) is 5.69 Å². The van der Waals surface area contributed by atoms with Crippen LogP contribution in [0.5, 0.6) is 0 Å². The van der Waals surface area contributed by atoms with Gasteiger partial charge in [-0.3, -0.25) is 4.57 Å². The molecule has 0 spiro atoms. The van der Waals surface area contributed by atoms with Crippen molar-refractivity contribution >= 4 is 17.1 Å². The second kappa shape index (κ2) is 4.63. The Morgan fingerprint density at radius 2 is 1.90 bits per heavy atom. The number of rotatable bonds is 2. The molecule has 4 heteroatoms. The first-order valence-corrected chi connectivity index (χ1v) is 6.78. The van der Waals surface area contributed by atoms with Crippen LogP contribution in [0.3, 0.4) is 0 Å². The van der Waals surface area contributed by atoms with Crippen LogP contribution in [-0.4, -0.2) is 14.5 Å². The predicted molar refractivity (Wildman–Crippen MR) is 82.1 cm³/mol. The topological polar surface area (TPSA) is 56.7 Å². The number of fused-ring (bicyclic) bond motifs is 1. The number of nitrogens with zero attached hydrogens (tertiary/aromatic N) is 3. The van der Waals surface area contributed by atoms with E-state index < -0.39 is 0 Å². The molecule has 0 aliphatic rings. The summed E-state index contributed by atoms with van der Waals surface area (Å²) in [6.07, 6.45) is 1.80. The van der Waals surface area contributed by atoms with Gasteiger partial charge in [-0.15, -0.1) is 0 Å². The number of benzene rings is 1. The van der Waals surface area contributed by atoms with Crippen LogP contribution in [0.1, 0.15) is 30.9 Å². The molecule has 102 valence electrons. The van der Waals surface area contributed by atoms with Gasteiger partial charge in [-0.2, -0.15) is 0 Å². The summed E-state index contributed by atoms with van der Waals surface area (Å²) in [6, 6.07) is 10.2. The van der Waals surface area contributed by atoms with Gasteiger partial charge < -0.3 is 5.73 Å². The van der Waals surface area contributed by atoms with E-state index in [4.69, 9.17) is 5.73 Å². The van der Waals surface area contributed by atoms with Gasteiger partial charge in [0.15, 0.2) is 5.65 Å². The van der Waals surface area contributed by atoms with Crippen molar-refractivity contribution in [1.82, 2.24) is 14.5 Å². The fourth-order valence-electron chi connectivity index (χ4n) is 2.53. The third-order valence-corrected chi connectivity index (χ3v) is 3.57.